The van der Waals surface area contributed by atoms with E-state index in [1.54, 1.807) is 0 Å². The van der Waals surface area contributed by atoms with E-state index in [0.717, 1.165) is 32.1 Å². The van der Waals surface area contributed by atoms with E-state index >= 15 is 0 Å². The summed E-state index contributed by atoms with van der Waals surface area (Å²) in [5.74, 6) is 0.174. The molecular weight excluding hydrogens is 244 g/mol. The Morgan fingerprint density at radius 3 is 2.58 bits per heavy atom. The lowest BCUT2D eigenvalue weighted by Gasteiger charge is -2.28. The van der Waals surface area contributed by atoms with Crippen molar-refractivity contribution in [3.8, 4) is 0 Å². The molecule has 2 aliphatic carbocycles. The second-order valence-corrected chi connectivity index (χ2v) is 6.13. The zero-order chi connectivity index (χ0) is 13.8. The minimum Gasteiger partial charge on any atom is -0.481 e. The predicted molar refractivity (Wildman–Crippen MR) is 71.9 cm³/mol. The molecule has 0 aromatic rings. The molecule has 0 aromatic heterocycles. The lowest BCUT2D eigenvalue weighted by molar-refractivity contribution is -0.137. The van der Waals surface area contributed by atoms with Gasteiger partial charge < -0.3 is 15.7 Å². The van der Waals surface area contributed by atoms with Crippen LogP contribution < -0.4 is 10.6 Å². The van der Waals surface area contributed by atoms with E-state index in [4.69, 9.17) is 5.11 Å². The molecule has 2 aliphatic rings. The molecule has 5 heteroatoms. The largest absolute Gasteiger partial charge is 0.481 e. The van der Waals surface area contributed by atoms with Gasteiger partial charge in [0.05, 0.1) is 6.42 Å². The topological polar surface area (TPSA) is 78.4 Å². The molecule has 2 rings (SSSR count). The zero-order valence-corrected chi connectivity index (χ0v) is 11.5. The molecule has 2 amide bonds. The molecule has 0 bridgehead atoms. The molecule has 0 aliphatic heterocycles. The Morgan fingerprint density at radius 2 is 2.00 bits per heavy atom. The van der Waals surface area contributed by atoms with E-state index in [1.165, 1.54) is 6.42 Å². The number of nitrogens with one attached hydrogen (secondary N) is 2. The van der Waals surface area contributed by atoms with Gasteiger partial charge in [-0.1, -0.05) is 19.8 Å². The van der Waals surface area contributed by atoms with E-state index in [1.807, 2.05) is 0 Å². The van der Waals surface area contributed by atoms with Crippen molar-refractivity contribution in [3.63, 3.8) is 0 Å². The lowest BCUT2D eigenvalue weighted by atomic mass is 9.87. The molecule has 2 saturated carbocycles. The number of rotatable bonds is 5. The quantitative estimate of drug-likeness (QED) is 0.714. The first kappa shape index (κ1) is 14.2. The lowest BCUT2D eigenvalue weighted by Crippen LogP contribution is -2.48. The summed E-state index contributed by atoms with van der Waals surface area (Å²) in [4.78, 5) is 22.7. The summed E-state index contributed by atoms with van der Waals surface area (Å²) in [6.07, 6.45) is 6.54. The predicted octanol–water partition coefficient (Wildman–Crippen LogP) is 2.12. The maximum atomic E-state index is 11.9. The first-order valence-electron chi connectivity index (χ1n) is 7.33. The van der Waals surface area contributed by atoms with Gasteiger partial charge in [-0.15, -0.1) is 0 Å². The van der Waals surface area contributed by atoms with Gasteiger partial charge in [-0.25, -0.2) is 4.79 Å². The van der Waals surface area contributed by atoms with E-state index < -0.39 is 5.97 Å². The van der Waals surface area contributed by atoms with Crippen LogP contribution in [0.15, 0.2) is 0 Å². The van der Waals surface area contributed by atoms with Crippen molar-refractivity contribution in [3.05, 3.63) is 0 Å². The third-order valence-corrected chi connectivity index (χ3v) is 4.17. The molecule has 0 aromatic carbocycles. The molecule has 0 spiro atoms. The van der Waals surface area contributed by atoms with Crippen molar-refractivity contribution in [1.29, 1.82) is 0 Å². The second-order valence-electron chi connectivity index (χ2n) is 6.13. The molecule has 3 unspecified atom stereocenters. The van der Waals surface area contributed by atoms with Crippen LogP contribution in [0.2, 0.25) is 0 Å². The van der Waals surface area contributed by atoms with Gasteiger partial charge >= 0.3 is 12.0 Å². The van der Waals surface area contributed by atoms with Crippen molar-refractivity contribution in [2.75, 3.05) is 0 Å². The Hall–Kier alpha value is -1.26. The van der Waals surface area contributed by atoms with Gasteiger partial charge in [-0.05, 0) is 37.5 Å². The fourth-order valence-electron chi connectivity index (χ4n) is 2.98. The van der Waals surface area contributed by atoms with Crippen LogP contribution in [-0.2, 0) is 4.79 Å². The van der Waals surface area contributed by atoms with E-state index in [-0.39, 0.29) is 24.5 Å². The summed E-state index contributed by atoms with van der Waals surface area (Å²) in [5.41, 5.74) is 0. The molecule has 19 heavy (non-hydrogen) atoms. The van der Waals surface area contributed by atoms with Gasteiger partial charge in [0.1, 0.15) is 0 Å². The van der Waals surface area contributed by atoms with Gasteiger partial charge in [-0.3, -0.25) is 4.79 Å². The number of carboxylic acids is 1. The number of urea groups is 1. The van der Waals surface area contributed by atoms with Crippen LogP contribution in [-0.4, -0.2) is 29.2 Å². The van der Waals surface area contributed by atoms with Crippen molar-refractivity contribution in [2.24, 2.45) is 11.8 Å². The van der Waals surface area contributed by atoms with Crippen LogP contribution in [0.1, 0.15) is 51.9 Å². The Labute approximate surface area is 114 Å². The first-order chi connectivity index (χ1) is 9.04. The molecule has 0 radical (unpaired) electrons. The second kappa shape index (κ2) is 6.26. The number of carbonyl (C=O) groups is 2. The Kier molecular flexibility index (Phi) is 4.66. The number of hydrogen-bond donors (Lipinski definition) is 3. The number of carboxylic acid groups (broad SMARTS) is 1. The summed E-state index contributed by atoms with van der Waals surface area (Å²) < 4.78 is 0. The van der Waals surface area contributed by atoms with E-state index in [2.05, 4.69) is 17.6 Å². The van der Waals surface area contributed by atoms with E-state index in [0.29, 0.717) is 11.8 Å². The van der Waals surface area contributed by atoms with Crippen LogP contribution >= 0.6 is 0 Å². The minimum atomic E-state index is -0.844. The third-order valence-electron chi connectivity index (χ3n) is 4.17. The molecule has 108 valence electrons. The van der Waals surface area contributed by atoms with Crippen LogP contribution in [0.5, 0.6) is 0 Å². The molecule has 2 fully saturated rings. The average Bonchev–Trinajstić information content (AvgIpc) is 3.10. The fourth-order valence-corrected chi connectivity index (χ4v) is 2.98. The highest BCUT2D eigenvalue weighted by Gasteiger charge is 2.34. The SMILES string of the molecule is CC1CCCC(NC(=O)NC(CC(=O)O)C2CC2)C1. The zero-order valence-electron chi connectivity index (χ0n) is 11.5. The summed E-state index contributed by atoms with van der Waals surface area (Å²) in [6.45, 7) is 2.21. The maximum Gasteiger partial charge on any atom is 0.315 e. The van der Waals surface area contributed by atoms with Gasteiger partial charge in [0.25, 0.3) is 0 Å². The minimum absolute atomic E-state index is 0.0269. The highest BCUT2D eigenvalue weighted by Crippen LogP contribution is 2.34. The monoisotopic (exact) mass is 268 g/mol. The molecule has 0 heterocycles. The third kappa shape index (κ3) is 4.73. The fraction of sp³-hybridized carbons (Fsp3) is 0.857. The van der Waals surface area contributed by atoms with Crippen molar-refractivity contribution in [1.82, 2.24) is 10.6 Å². The average molecular weight is 268 g/mol. The van der Waals surface area contributed by atoms with Gasteiger partial charge in [-0.2, -0.15) is 0 Å². The summed E-state index contributed by atoms with van der Waals surface area (Å²) in [6, 6.07) is -0.163. The standard InChI is InChI=1S/C14H24N2O3/c1-9-3-2-4-11(7-9)15-14(19)16-12(8-13(17)18)10-5-6-10/h9-12H,2-8H2,1H3,(H,17,18)(H2,15,16,19). The Bertz CT molecular complexity index is 342. The first-order valence-corrected chi connectivity index (χ1v) is 7.33. The Morgan fingerprint density at radius 1 is 1.26 bits per heavy atom. The van der Waals surface area contributed by atoms with Crippen LogP contribution in [0.4, 0.5) is 4.79 Å². The van der Waals surface area contributed by atoms with Crippen LogP contribution in [0.3, 0.4) is 0 Å². The number of amides is 2. The van der Waals surface area contributed by atoms with Crippen LogP contribution in [0, 0.1) is 11.8 Å². The molecular formula is C14H24N2O3. The normalized spacial score (nSPS) is 28.5. The van der Waals surface area contributed by atoms with Crippen molar-refractivity contribution in [2.45, 2.75) is 64.0 Å². The highest BCUT2D eigenvalue weighted by molar-refractivity contribution is 5.76. The molecule has 5 nitrogen and oxygen atoms in total. The van der Waals surface area contributed by atoms with Crippen molar-refractivity contribution < 1.29 is 14.7 Å². The summed E-state index contributed by atoms with van der Waals surface area (Å²) >= 11 is 0. The smallest absolute Gasteiger partial charge is 0.315 e. The molecule has 3 atom stereocenters. The summed E-state index contributed by atoms with van der Waals surface area (Å²) in [7, 11) is 0. The van der Waals surface area contributed by atoms with Gasteiger partial charge in [0, 0.05) is 12.1 Å². The van der Waals surface area contributed by atoms with Gasteiger partial charge in [0.15, 0.2) is 0 Å². The number of hydrogen-bond acceptors (Lipinski definition) is 2. The molecule has 0 saturated heterocycles. The van der Waals surface area contributed by atoms with E-state index in [9.17, 15) is 9.59 Å². The maximum absolute atomic E-state index is 11.9. The van der Waals surface area contributed by atoms with Crippen LogP contribution in [0.25, 0.3) is 0 Å². The Balaban J connectivity index is 1.77. The van der Waals surface area contributed by atoms with Crippen molar-refractivity contribution >= 4 is 12.0 Å². The number of aliphatic carboxylic acids is 1. The highest BCUT2D eigenvalue weighted by atomic mass is 16.4. The number of carbonyl (C=O) groups excluding carboxylic acids is 1. The molecule has 3 N–H and O–H groups in total. The summed E-state index contributed by atoms with van der Waals surface area (Å²) in [5, 5.41) is 14.7. The van der Waals surface area contributed by atoms with Gasteiger partial charge in [0.2, 0.25) is 0 Å².